The Bertz CT molecular complexity index is 1380. The smallest absolute Gasteiger partial charge is 0.406 e. The number of halogens is 3. The van der Waals surface area contributed by atoms with Crippen LogP contribution >= 0.6 is 11.3 Å². The molecule has 0 radical (unpaired) electrons. The molecule has 1 aromatic carbocycles. The minimum atomic E-state index is -4.80. The maximum atomic E-state index is 12.7. The molecule has 3 aromatic heterocycles. The van der Waals surface area contributed by atoms with Crippen LogP contribution in [0.15, 0.2) is 72.6 Å². The van der Waals surface area contributed by atoms with E-state index in [2.05, 4.69) is 41.0 Å². The SMILES string of the molecule is O=C(NCc1ccncc1)Nc1cc(CNc2ncsc2C(=O)Nc2ccc(OC(F)(F)F)cc2)ccn1. The van der Waals surface area contributed by atoms with E-state index >= 15 is 0 Å². The van der Waals surface area contributed by atoms with Gasteiger partial charge in [0.1, 0.15) is 22.3 Å². The van der Waals surface area contributed by atoms with Crippen LogP contribution in [-0.4, -0.2) is 33.3 Å². The van der Waals surface area contributed by atoms with Crippen molar-refractivity contribution in [2.24, 2.45) is 0 Å². The fourth-order valence-electron chi connectivity index (χ4n) is 3.14. The van der Waals surface area contributed by atoms with Gasteiger partial charge in [-0.1, -0.05) is 0 Å². The van der Waals surface area contributed by atoms with Crippen LogP contribution in [0.4, 0.5) is 35.3 Å². The molecule has 0 spiro atoms. The number of hydrogen-bond donors (Lipinski definition) is 4. The highest BCUT2D eigenvalue weighted by Gasteiger charge is 2.31. The Labute approximate surface area is 218 Å². The van der Waals surface area contributed by atoms with E-state index in [1.165, 1.54) is 23.8 Å². The van der Waals surface area contributed by atoms with Crippen LogP contribution in [0.25, 0.3) is 0 Å². The van der Waals surface area contributed by atoms with Crippen LogP contribution < -0.4 is 26.0 Å². The first-order valence-corrected chi connectivity index (χ1v) is 11.9. The average molecular weight is 544 g/mol. The minimum absolute atomic E-state index is 0.281. The number of anilines is 3. The number of amides is 3. The maximum absolute atomic E-state index is 12.7. The van der Waals surface area contributed by atoms with Crippen LogP contribution in [0, 0.1) is 0 Å². The highest BCUT2D eigenvalue weighted by Crippen LogP contribution is 2.25. The molecule has 0 aliphatic heterocycles. The number of carbonyl (C=O) groups excluding carboxylic acids is 2. The van der Waals surface area contributed by atoms with Gasteiger partial charge in [0.25, 0.3) is 5.91 Å². The largest absolute Gasteiger partial charge is 0.573 e. The summed E-state index contributed by atoms with van der Waals surface area (Å²) in [6, 6.07) is 11.4. The van der Waals surface area contributed by atoms with Gasteiger partial charge in [0.05, 0.1) is 5.51 Å². The van der Waals surface area contributed by atoms with Crippen LogP contribution in [0.1, 0.15) is 20.8 Å². The number of hydrogen-bond acceptors (Lipinski definition) is 8. The summed E-state index contributed by atoms with van der Waals surface area (Å²) in [6.07, 6.45) is 0.0141. The third-order valence-corrected chi connectivity index (χ3v) is 5.67. The van der Waals surface area contributed by atoms with Gasteiger partial charge >= 0.3 is 12.4 Å². The van der Waals surface area contributed by atoms with Crippen molar-refractivity contribution < 1.29 is 27.5 Å². The molecule has 10 nitrogen and oxygen atoms in total. The Morgan fingerprint density at radius 2 is 1.63 bits per heavy atom. The molecular formula is C24H20F3N7O3S. The normalized spacial score (nSPS) is 10.9. The summed E-state index contributed by atoms with van der Waals surface area (Å²) in [4.78, 5) is 37.4. The first-order chi connectivity index (χ1) is 18.2. The van der Waals surface area contributed by atoms with E-state index in [-0.39, 0.29) is 17.1 Å². The molecule has 0 aliphatic carbocycles. The van der Waals surface area contributed by atoms with E-state index in [1.54, 1.807) is 36.7 Å². The van der Waals surface area contributed by atoms with Crippen molar-refractivity contribution in [2.45, 2.75) is 19.5 Å². The van der Waals surface area contributed by atoms with Gasteiger partial charge in [-0.3, -0.25) is 15.1 Å². The predicted molar refractivity (Wildman–Crippen MR) is 135 cm³/mol. The molecule has 0 saturated heterocycles. The second-order valence-electron chi connectivity index (χ2n) is 7.62. The summed E-state index contributed by atoms with van der Waals surface area (Å²) < 4.78 is 40.8. The molecule has 0 atom stereocenters. The molecule has 196 valence electrons. The number of pyridine rings is 2. The van der Waals surface area contributed by atoms with E-state index in [0.29, 0.717) is 18.2 Å². The third kappa shape index (κ3) is 7.89. The number of alkyl halides is 3. The molecule has 14 heteroatoms. The van der Waals surface area contributed by atoms with Gasteiger partial charge in [-0.2, -0.15) is 0 Å². The standard InChI is InChI=1S/C24H20F3N7O3S/c25-24(26,27)37-18-3-1-17(2-4-18)33-22(35)20-21(32-14-38-20)30-13-16-7-10-29-19(11-16)34-23(36)31-12-15-5-8-28-9-6-15/h1-11,14,30H,12-13H2,(H,33,35)(H2,29,31,34,36). The highest BCUT2D eigenvalue weighted by atomic mass is 32.1. The van der Waals surface area contributed by atoms with E-state index < -0.39 is 24.1 Å². The van der Waals surface area contributed by atoms with Crippen LogP contribution in [0.2, 0.25) is 0 Å². The minimum Gasteiger partial charge on any atom is -0.406 e. The lowest BCUT2D eigenvalue weighted by molar-refractivity contribution is -0.274. The molecule has 0 fully saturated rings. The topological polar surface area (TPSA) is 130 Å². The number of urea groups is 1. The second kappa shape index (κ2) is 12.0. The number of nitrogens with zero attached hydrogens (tertiary/aromatic N) is 3. The molecule has 3 heterocycles. The van der Waals surface area contributed by atoms with E-state index in [4.69, 9.17) is 0 Å². The van der Waals surface area contributed by atoms with Gasteiger partial charge in [0, 0.05) is 37.4 Å². The van der Waals surface area contributed by atoms with Gasteiger partial charge in [-0.25, -0.2) is 14.8 Å². The van der Waals surface area contributed by atoms with Crippen LogP contribution in [-0.2, 0) is 13.1 Å². The zero-order chi connectivity index (χ0) is 27.0. The fraction of sp³-hybridized carbons (Fsp3) is 0.125. The first kappa shape index (κ1) is 26.3. The van der Waals surface area contributed by atoms with E-state index in [1.807, 2.05) is 0 Å². The number of benzene rings is 1. The molecule has 38 heavy (non-hydrogen) atoms. The van der Waals surface area contributed by atoms with Crippen molar-refractivity contribution in [1.29, 1.82) is 0 Å². The summed E-state index contributed by atoms with van der Waals surface area (Å²) in [5, 5.41) is 11.1. The quantitative estimate of drug-likeness (QED) is 0.233. The Morgan fingerprint density at radius 1 is 0.895 bits per heavy atom. The number of thiazole rings is 1. The number of nitrogens with one attached hydrogen (secondary N) is 4. The Hall–Kier alpha value is -4.72. The fourth-order valence-corrected chi connectivity index (χ4v) is 3.80. The zero-order valence-corrected chi connectivity index (χ0v) is 20.3. The Morgan fingerprint density at radius 3 is 2.37 bits per heavy atom. The van der Waals surface area contributed by atoms with Gasteiger partial charge in [-0.05, 0) is 59.7 Å². The summed E-state index contributed by atoms with van der Waals surface area (Å²) in [6.45, 7) is 0.610. The number of rotatable bonds is 9. The molecular weight excluding hydrogens is 523 g/mol. The summed E-state index contributed by atoms with van der Waals surface area (Å²) in [5.41, 5.74) is 3.45. The molecule has 0 saturated carbocycles. The molecule has 0 bridgehead atoms. The number of carbonyl (C=O) groups is 2. The monoisotopic (exact) mass is 543 g/mol. The van der Waals surface area contributed by atoms with Crippen LogP contribution in [0.3, 0.4) is 0 Å². The zero-order valence-electron chi connectivity index (χ0n) is 19.5. The van der Waals surface area contributed by atoms with Crippen molar-refractivity contribution in [3.8, 4) is 5.75 Å². The van der Waals surface area contributed by atoms with Gasteiger partial charge in [-0.15, -0.1) is 24.5 Å². The highest BCUT2D eigenvalue weighted by molar-refractivity contribution is 7.12. The average Bonchev–Trinajstić information content (AvgIpc) is 3.36. The molecule has 4 aromatic rings. The van der Waals surface area contributed by atoms with Gasteiger partial charge in [0.15, 0.2) is 0 Å². The summed E-state index contributed by atoms with van der Waals surface area (Å²) in [7, 11) is 0. The third-order valence-electron chi connectivity index (χ3n) is 4.85. The Balaban J connectivity index is 1.30. The number of ether oxygens (including phenoxy) is 1. The van der Waals surface area contributed by atoms with Crippen molar-refractivity contribution in [3.63, 3.8) is 0 Å². The predicted octanol–water partition coefficient (Wildman–Crippen LogP) is 5.02. The van der Waals surface area contributed by atoms with Crippen molar-refractivity contribution in [1.82, 2.24) is 20.3 Å². The van der Waals surface area contributed by atoms with Crippen LogP contribution in [0.5, 0.6) is 5.75 Å². The first-order valence-electron chi connectivity index (χ1n) is 11.0. The molecule has 3 amide bonds. The number of aromatic nitrogens is 3. The lowest BCUT2D eigenvalue weighted by Gasteiger charge is -2.11. The Kier molecular flexibility index (Phi) is 8.33. The summed E-state index contributed by atoms with van der Waals surface area (Å²) >= 11 is 1.10. The molecule has 0 aliphatic rings. The summed E-state index contributed by atoms with van der Waals surface area (Å²) in [5.74, 6) is -0.216. The molecule has 4 N–H and O–H groups in total. The lowest BCUT2D eigenvalue weighted by Crippen LogP contribution is -2.28. The van der Waals surface area contributed by atoms with E-state index in [9.17, 15) is 22.8 Å². The molecule has 0 unspecified atom stereocenters. The van der Waals surface area contributed by atoms with Crippen molar-refractivity contribution >= 4 is 40.6 Å². The molecule has 4 rings (SSSR count). The van der Waals surface area contributed by atoms with Crippen molar-refractivity contribution in [3.05, 3.63) is 88.6 Å². The second-order valence-corrected chi connectivity index (χ2v) is 8.48. The van der Waals surface area contributed by atoms with E-state index in [0.717, 1.165) is 34.6 Å². The van der Waals surface area contributed by atoms with Crippen molar-refractivity contribution in [2.75, 3.05) is 16.0 Å². The maximum Gasteiger partial charge on any atom is 0.573 e. The van der Waals surface area contributed by atoms with Gasteiger partial charge < -0.3 is 20.7 Å². The van der Waals surface area contributed by atoms with Gasteiger partial charge in [0.2, 0.25) is 0 Å². The lowest BCUT2D eigenvalue weighted by atomic mass is 10.2.